The Morgan fingerprint density at radius 1 is 1.18 bits per heavy atom. The van der Waals surface area contributed by atoms with Gasteiger partial charge >= 0.3 is 0 Å². The number of amides is 1. The Morgan fingerprint density at radius 3 is 2.79 bits per heavy atom. The molecule has 0 radical (unpaired) electrons. The number of H-pyrrole nitrogens is 1. The summed E-state index contributed by atoms with van der Waals surface area (Å²) in [5, 5.41) is 23.6. The number of likely N-dealkylation sites (tertiary alicyclic amines) is 1. The minimum atomic E-state index is 0.0122. The van der Waals surface area contributed by atoms with Crippen molar-refractivity contribution in [1.29, 1.82) is 0 Å². The summed E-state index contributed by atoms with van der Waals surface area (Å²) in [5.41, 5.74) is 7.86. The van der Waals surface area contributed by atoms with Gasteiger partial charge in [-0.1, -0.05) is 24.2 Å². The molecule has 1 N–H and O–H groups in total. The van der Waals surface area contributed by atoms with Gasteiger partial charge in [0.15, 0.2) is 0 Å². The van der Waals surface area contributed by atoms with Crippen LogP contribution in [0.25, 0.3) is 44.2 Å². The van der Waals surface area contributed by atoms with E-state index in [9.17, 15) is 4.79 Å². The van der Waals surface area contributed by atoms with Crippen molar-refractivity contribution in [1.82, 2.24) is 35.1 Å². The summed E-state index contributed by atoms with van der Waals surface area (Å²) in [6.45, 7) is 9.35. The first kappa shape index (κ1) is 23.1. The minimum Gasteiger partial charge on any atom is -0.338 e. The highest BCUT2D eigenvalue weighted by molar-refractivity contribution is 6.36. The number of benzene rings is 2. The van der Waals surface area contributed by atoms with Gasteiger partial charge in [0.2, 0.25) is 5.91 Å². The number of halogens is 1. The number of nitrogens with one attached hydrogen (secondary N) is 1. The number of aromatic amines is 1. The zero-order chi connectivity index (χ0) is 26.2. The summed E-state index contributed by atoms with van der Waals surface area (Å²) >= 11 is 7.02. The van der Waals surface area contributed by atoms with E-state index < -0.39 is 0 Å². The van der Waals surface area contributed by atoms with Crippen molar-refractivity contribution >= 4 is 39.3 Å². The highest BCUT2D eigenvalue weighted by Gasteiger charge is 2.54. The fourth-order valence-electron chi connectivity index (χ4n) is 6.38. The Hall–Kier alpha value is -4.04. The zero-order valence-electron chi connectivity index (χ0n) is 21.2. The fourth-order valence-corrected chi connectivity index (χ4v) is 6.63. The van der Waals surface area contributed by atoms with Crippen molar-refractivity contribution in [2.24, 2.45) is 5.41 Å². The van der Waals surface area contributed by atoms with Gasteiger partial charge in [-0.25, -0.2) is 0 Å². The fraction of sp³-hybridized carbons (Fsp3) is 0.276. The van der Waals surface area contributed by atoms with Gasteiger partial charge in [-0.05, 0) is 62.6 Å². The van der Waals surface area contributed by atoms with Crippen LogP contribution >= 0.6 is 11.6 Å². The largest absolute Gasteiger partial charge is 0.338 e. The SMILES string of the molecule is C=CC(=O)N1CC2(CC(n3nc(-c4ccc5nnccc5c4)c(-c4c(Cl)c(C)cc5[nH]ncc45)c3C)C2)C1. The molecule has 5 aromatic rings. The van der Waals surface area contributed by atoms with Gasteiger partial charge in [-0.3, -0.25) is 14.6 Å². The molecule has 2 aromatic carbocycles. The molecule has 9 heteroatoms. The molecule has 2 fully saturated rings. The quantitative estimate of drug-likeness (QED) is 0.307. The molecule has 190 valence electrons. The Bertz CT molecular complexity index is 1770. The molecule has 38 heavy (non-hydrogen) atoms. The molecule has 3 aromatic heterocycles. The van der Waals surface area contributed by atoms with Crippen molar-refractivity contribution < 1.29 is 4.79 Å². The van der Waals surface area contributed by atoms with Gasteiger partial charge in [0.1, 0.15) is 5.69 Å². The summed E-state index contributed by atoms with van der Waals surface area (Å²) in [7, 11) is 0. The van der Waals surface area contributed by atoms with Gasteiger partial charge in [0, 0.05) is 51.7 Å². The van der Waals surface area contributed by atoms with E-state index in [1.165, 1.54) is 6.08 Å². The van der Waals surface area contributed by atoms with E-state index in [-0.39, 0.29) is 17.4 Å². The third-order valence-electron chi connectivity index (χ3n) is 8.27. The first-order valence-electron chi connectivity index (χ1n) is 12.7. The van der Waals surface area contributed by atoms with Gasteiger partial charge in [0.05, 0.1) is 34.5 Å². The molecule has 2 aliphatic rings. The number of hydrogen-bond donors (Lipinski definition) is 1. The Balaban J connectivity index is 1.36. The van der Waals surface area contributed by atoms with Crippen molar-refractivity contribution in [2.45, 2.75) is 32.7 Å². The van der Waals surface area contributed by atoms with Gasteiger partial charge in [-0.2, -0.15) is 20.4 Å². The van der Waals surface area contributed by atoms with Crippen LogP contribution in [0.3, 0.4) is 0 Å². The molecule has 0 bridgehead atoms. The van der Waals surface area contributed by atoms with E-state index in [1.54, 1.807) is 6.20 Å². The Kier molecular flexibility index (Phi) is 5.00. The Labute approximate surface area is 224 Å². The van der Waals surface area contributed by atoms with Crippen LogP contribution in [0.1, 0.15) is 30.1 Å². The number of aryl methyl sites for hydroxylation is 1. The summed E-state index contributed by atoms with van der Waals surface area (Å²) in [4.78, 5) is 13.9. The highest BCUT2D eigenvalue weighted by atomic mass is 35.5. The van der Waals surface area contributed by atoms with Crippen LogP contribution in [0.2, 0.25) is 5.02 Å². The van der Waals surface area contributed by atoms with Crippen molar-refractivity contribution in [3.05, 3.63) is 71.7 Å². The average molecular weight is 524 g/mol. The molecule has 1 amide bonds. The lowest BCUT2D eigenvalue weighted by atomic mass is 9.60. The lowest BCUT2D eigenvalue weighted by Gasteiger charge is -2.58. The van der Waals surface area contributed by atoms with E-state index in [0.717, 1.165) is 81.4 Å². The number of rotatable bonds is 4. The number of carbonyl (C=O) groups excluding carboxylic acids is 1. The summed E-state index contributed by atoms with van der Waals surface area (Å²) in [6, 6.07) is 10.4. The van der Waals surface area contributed by atoms with Crippen LogP contribution in [-0.4, -0.2) is 54.1 Å². The maximum atomic E-state index is 12.0. The molecule has 1 aliphatic carbocycles. The van der Waals surface area contributed by atoms with Crippen LogP contribution < -0.4 is 0 Å². The van der Waals surface area contributed by atoms with E-state index in [1.807, 2.05) is 36.2 Å². The van der Waals surface area contributed by atoms with Crippen LogP contribution in [-0.2, 0) is 4.79 Å². The summed E-state index contributed by atoms with van der Waals surface area (Å²) < 4.78 is 2.17. The highest BCUT2D eigenvalue weighted by Crippen LogP contribution is 2.55. The van der Waals surface area contributed by atoms with E-state index in [0.29, 0.717) is 5.02 Å². The molecule has 1 aliphatic heterocycles. The topological polar surface area (TPSA) is 92.6 Å². The molecule has 1 saturated carbocycles. The van der Waals surface area contributed by atoms with Crippen LogP contribution in [0.4, 0.5) is 0 Å². The molecule has 8 nitrogen and oxygen atoms in total. The number of hydrogen-bond acceptors (Lipinski definition) is 5. The predicted molar refractivity (Wildman–Crippen MR) is 148 cm³/mol. The van der Waals surface area contributed by atoms with Crippen LogP contribution in [0.15, 0.2) is 55.4 Å². The first-order valence-corrected chi connectivity index (χ1v) is 13.1. The average Bonchev–Trinajstić information content (AvgIpc) is 3.47. The van der Waals surface area contributed by atoms with Gasteiger partial charge in [-0.15, -0.1) is 0 Å². The van der Waals surface area contributed by atoms with Gasteiger partial charge in [0.25, 0.3) is 0 Å². The predicted octanol–water partition coefficient (Wildman–Crippen LogP) is 5.66. The first-order chi connectivity index (χ1) is 18.4. The molecule has 0 atom stereocenters. The van der Waals surface area contributed by atoms with Crippen molar-refractivity contribution in [3.8, 4) is 22.4 Å². The van der Waals surface area contributed by atoms with E-state index in [2.05, 4.69) is 50.7 Å². The van der Waals surface area contributed by atoms with Gasteiger partial charge < -0.3 is 4.90 Å². The lowest BCUT2D eigenvalue weighted by molar-refractivity contribution is -0.149. The monoisotopic (exact) mass is 523 g/mol. The molecular weight excluding hydrogens is 498 g/mol. The standard InChI is InChI=1S/C29H26ClN7O/c1-4-24(38)36-14-29(15-36)11-20(12-29)37-17(3)25(26-21-13-32-34-23(21)9-16(2)27(26)30)28(35-37)19-5-6-22-18(10-19)7-8-31-33-22/h4-10,13,20H,1,11-12,14-15H2,2-3H3,(H,32,34). The summed E-state index contributed by atoms with van der Waals surface area (Å²) in [6.07, 6.45) is 6.92. The second-order valence-corrected chi connectivity index (χ2v) is 11.1. The third kappa shape index (κ3) is 3.33. The normalized spacial score (nSPS) is 16.7. The summed E-state index contributed by atoms with van der Waals surface area (Å²) in [5.74, 6) is 0.0122. The molecule has 1 saturated heterocycles. The molecular formula is C29H26ClN7O. The lowest BCUT2D eigenvalue weighted by Crippen LogP contribution is -2.63. The van der Waals surface area contributed by atoms with Crippen LogP contribution in [0.5, 0.6) is 0 Å². The Morgan fingerprint density at radius 2 is 2.00 bits per heavy atom. The molecule has 0 unspecified atom stereocenters. The van der Waals surface area contributed by atoms with Crippen LogP contribution in [0, 0.1) is 19.3 Å². The smallest absolute Gasteiger partial charge is 0.245 e. The second-order valence-electron chi connectivity index (χ2n) is 10.7. The number of fused-ring (bicyclic) bond motifs is 2. The third-order valence-corrected chi connectivity index (χ3v) is 8.76. The van der Waals surface area contributed by atoms with Crippen molar-refractivity contribution in [2.75, 3.05) is 13.1 Å². The molecule has 7 rings (SSSR count). The molecule has 4 heterocycles. The van der Waals surface area contributed by atoms with E-state index >= 15 is 0 Å². The second kappa shape index (κ2) is 8.23. The zero-order valence-corrected chi connectivity index (χ0v) is 22.0. The van der Waals surface area contributed by atoms with E-state index in [4.69, 9.17) is 16.7 Å². The number of aromatic nitrogens is 6. The maximum Gasteiger partial charge on any atom is 0.245 e. The minimum absolute atomic E-state index is 0.0122. The molecule has 1 spiro atoms. The maximum absolute atomic E-state index is 12.0. The number of nitrogens with zero attached hydrogens (tertiary/aromatic N) is 6. The number of carbonyl (C=O) groups is 1. The van der Waals surface area contributed by atoms with Crippen molar-refractivity contribution in [3.63, 3.8) is 0 Å².